The van der Waals surface area contributed by atoms with E-state index >= 15 is 0 Å². The van der Waals surface area contributed by atoms with E-state index in [-0.39, 0.29) is 11.8 Å². The third kappa shape index (κ3) is 3.80. The van der Waals surface area contributed by atoms with Crippen molar-refractivity contribution in [3.8, 4) is 0 Å². The molecule has 2 N–H and O–H groups in total. The zero-order valence-corrected chi connectivity index (χ0v) is 11.2. The molecule has 2 atom stereocenters. The second kappa shape index (κ2) is 6.15. The van der Waals surface area contributed by atoms with Crippen LogP contribution in [0.4, 0.5) is 4.39 Å². The predicted octanol–water partition coefficient (Wildman–Crippen LogP) is 2.58. The lowest BCUT2D eigenvalue weighted by molar-refractivity contribution is 0.184. The minimum atomic E-state index is -0.907. The average molecular weight is 241 g/mol. The number of halogens is 1. The van der Waals surface area contributed by atoms with Gasteiger partial charge in [0.25, 0.3) is 0 Å². The fourth-order valence-electron chi connectivity index (χ4n) is 1.96. The molecule has 0 saturated carbocycles. The van der Waals surface area contributed by atoms with Crippen LogP contribution in [0.5, 0.6) is 0 Å². The maximum atomic E-state index is 14.1. The number of nitrogens with zero attached hydrogens (tertiary/aromatic N) is 2. The first-order valence-electron chi connectivity index (χ1n) is 6.33. The molecule has 1 rings (SSSR count). The zero-order chi connectivity index (χ0) is 13.0. The molecule has 0 aliphatic rings. The van der Waals surface area contributed by atoms with Crippen LogP contribution in [0.15, 0.2) is 12.3 Å². The number of alkyl halides is 1. The molecule has 0 aliphatic heterocycles. The Morgan fingerprint density at radius 1 is 1.35 bits per heavy atom. The van der Waals surface area contributed by atoms with Gasteiger partial charge in [0, 0.05) is 24.6 Å². The highest BCUT2D eigenvalue weighted by molar-refractivity contribution is 5.02. The third-order valence-corrected chi connectivity index (χ3v) is 3.19. The summed E-state index contributed by atoms with van der Waals surface area (Å²) in [6, 6.07) is 2.21. The van der Waals surface area contributed by atoms with Gasteiger partial charge in [0.15, 0.2) is 0 Å². The van der Waals surface area contributed by atoms with E-state index in [2.05, 4.69) is 18.9 Å². The van der Waals surface area contributed by atoms with Gasteiger partial charge < -0.3 is 5.73 Å². The van der Waals surface area contributed by atoms with Crippen LogP contribution in [-0.4, -0.2) is 22.5 Å². The molecule has 3 nitrogen and oxygen atoms in total. The van der Waals surface area contributed by atoms with Gasteiger partial charge >= 0.3 is 0 Å². The van der Waals surface area contributed by atoms with Gasteiger partial charge in [-0.1, -0.05) is 13.8 Å². The molecule has 0 bridgehead atoms. The van der Waals surface area contributed by atoms with Gasteiger partial charge in [-0.05, 0) is 32.4 Å². The molecule has 17 heavy (non-hydrogen) atoms. The van der Waals surface area contributed by atoms with Crippen LogP contribution in [0.1, 0.15) is 39.4 Å². The summed E-state index contributed by atoms with van der Waals surface area (Å²) in [5.74, 6) is 0.182. The summed E-state index contributed by atoms with van der Waals surface area (Å²) in [6.45, 7) is 8.53. The Morgan fingerprint density at radius 3 is 2.41 bits per heavy atom. The highest BCUT2D eigenvalue weighted by Gasteiger charge is 2.24. The van der Waals surface area contributed by atoms with Crippen molar-refractivity contribution in [1.82, 2.24) is 9.78 Å². The summed E-state index contributed by atoms with van der Waals surface area (Å²) in [6.07, 6.45) is 1.36. The van der Waals surface area contributed by atoms with Crippen molar-refractivity contribution < 1.29 is 4.39 Å². The van der Waals surface area contributed by atoms with Crippen LogP contribution < -0.4 is 5.73 Å². The van der Waals surface area contributed by atoms with E-state index in [1.165, 1.54) is 0 Å². The topological polar surface area (TPSA) is 43.8 Å². The number of hydrogen-bond donors (Lipinski definition) is 1. The SMILES string of the molecule is CC(C)C(CN)C(F)Cc1ccn(C(C)C)n1. The maximum absolute atomic E-state index is 14.1. The molecule has 0 aromatic carbocycles. The Bertz CT molecular complexity index is 333. The van der Waals surface area contributed by atoms with Gasteiger partial charge in [0.1, 0.15) is 6.17 Å². The second-order valence-corrected chi connectivity index (χ2v) is 5.24. The first kappa shape index (κ1) is 14.2. The maximum Gasteiger partial charge on any atom is 0.110 e. The van der Waals surface area contributed by atoms with Crippen molar-refractivity contribution in [3.63, 3.8) is 0 Å². The lowest BCUT2D eigenvalue weighted by Crippen LogP contribution is -2.30. The Kier molecular flexibility index (Phi) is 5.12. The van der Waals surface area contributed by atoms with Crippen molar-refractivity contribution in [2.75, 3.05) is 6.54 Å². The summed E-state index contributed by atoms with van der Waals surface area (Å²) in [7, 11) is 0. The van der Waals surface area contributed by atoms with E-state index in [0.29, 0.717) is 19.0 Å². The van der Waals surface area contributed by atoms with Gasteiger partial charge in [0.2, 0.25) is 0 Å². The lowest BCUT2D eigenvalue weighted by Gasteiger charge is -2.22. The standard InChI is InChI=1S/C13H24FN3/c1-9(2)12(8-15)13(14)7-11-5-6-17(16-11)10(3)4/h5-6,9-10,12-13H,7-8,15H2,1-4H3. The van der Waals surface area contributed by atoms with Crippen LogP contribution in [0, 0.1) is 11.8 Å². The highest BCUT2D eigenvalue weighted by atomic mass is 19.1. The number of hydrogen-bond acceptors (Lipinski definition) is 2. The quantitative estimate of drug-likeness (QED) is 0.832. The van der Waals surface area contributed by atoms with Crippen LogP contribution in [0.25, 0.3) is 0 Å². The summed E-state index contributed by atoms with van der Waals surface area (Å²) in [5.41, 5.74) is 6.43. The van der Waals surface area contributed by atoms with Crippen molar-refractivity contribution in [1.29, 1.82) is 0 Å². The summed E-state index contributed by atoms with van der Waals surface area (Å²) in [5, 5.41) is 4.36. The van der Waals surface area contributed by atoms with E-state index in [9.17, 15) is 4.39 Å². The zero-order valence-electron chi connectivity index (χ0n) is 11.2. The highest BCUT2D eigenvalue weighted by Crippen LogP contribution is 2.20. The molecule has 2 unspecified atom stereocenters. The lowest BCUT2D eigenvalue weighted by atomic mass is 9.89. The number of rotatable bonds is 6. The largest absolute Gasteiger partial charge is 0.330 e. The molecule has 0 spiro atoms. The van der Waals surface area contributed by atoms with Crippen LogP contribution in [0.3, 0.4) is 0 Å². The van der Waals surface area contributed by atoms with Crippen molar-refractivity contribution in [2.24, 2.45) is 17.6 Å². The molecule has 0 fully saturated rings. The van der Waals surface area contributed by atoms with E-state index in [1.807, 2.05) is 30.8 Å². The molecule has 0 radical (unpaired) electrons. The third-order valence-electron chi connectivity index (χ3n) is 3.19. The number of nitrogens with two attached hydrogens (primary N) is 1. The molecule has 0 aliphatic carbocycles. The normalized spacial score (nSPS) is 15.5. The molecule has 98 valence electrons. The van der Waals surface area contributed by atoms with Gasteiger partial charge in [-0.25, -0.2) is 4.39 Å². The van der Waals surface area contributed by atoms with Crippen molar-refractivity contribution in [2.45, 2.75) is 46.3 Å². The molecular formula is C13H24FN3. The smallest absolute Gasteiger partial charge is 0.110 e. The molecular weight excluding hydrogens is 217 g/mol. The fraction of sp³-hybridized carbons (Fsp3) is 0.769. The van der Waals surface area contributed by atoms with Gasteiger partial charge in [-0.15, -0.1) is 0 Å². The molecule has 4 heteroatoms. The molecule has 0 amide bonds. The van der Waals surface area contributed by atoms with E-state index < -0.39 is 6.17 Å². The van der Waals surface area contributed by atoms with Gasteiger partial charge in [0.05, 0.1) is 5.69 Å². The average Bonchev–Trinajstić information content (AvgIpc) is 2.66. The van der Waals surface area contributed by atoms with Gasteiger partial charge in [-0.3, -0.25) is 4.68 Å². The predicted molar refractivity (Wildman–Crippen MR) is 68.6 cm³/mol. The van der Waals surface area contributed by atoms with Crippen LogP contribution >= 0.6 is 0 Å². The van der Waals surface area contributed by atoms with Gasteiger partial charge in [-0.2, -0.15) is 5.10 Å². The van der Waals surface area contributed by atoms with Crippen molar-refractivity contribution >= 4 is 0 Å². The van der Waals surface area contributed by atoms with Crippen LogP contribution in [-0.2, 0) is 6.42 Å². The minimum absolute atomic E-state index is 0.0841. The monoisotopic (exact) mass is 241 g/mol. The van der Waals surface area contributed by atoms with Crippen LogP contribution in [0.2, 0.25) is 0 Å². The molecule has 1 aromatic rings. The Balaban J connectivity index is 2.63. The summed E-state index contributed by atoms with van der Waals surface area (Å²) < 4.78 is 15.9. The molecule has 1 heterocycles. The Morgan fingerprint density at radius 2 is 2.00 bits per heavy atom. The Labute approximate surface area is 103 Å². The van der Waals surface area contributed by atoms with E-state index in [0.717, 1.165) is 5.69 Å². The minimum Gasteiger partial charge on any atom is -0.330 e. The molecule has 1 aromatic heterocycles. The second-order valence-electron chi connectivity index (χ2n) is 5.24. The van der Waals surface area contributed by atoms with Crippen molar-refractivity contribution in [3.05, 3.63) is 18.0 Å². The summed E-state index contributed by atoms with van der Waals surface area (Å²) >= 11 is 0. The van der Waals surface area contributed by atoms with E-state index in [4.69, 9.17) is 5.73 Å². The summed E-state index contributed by atoms with van der Waals surface area (Å²) in [4.78, 5) is 0. The molecule has 0 saturated heterocycles. The Hall–Kier alpha value is -0.900. The number of aromatic nitrogens is 2. The fourth-order valence-corrected chi connectivity index (χ4v) is 1.96. The van der Waals surface area contributed by atoms with E-state index in [1.54, 1.807) is 0 Å². The first-order chi connectivity index (χ1) is 7.95. The first-order valence-corrected chi connectivity index (χ1v) is 6.33.